The minimum absolute atomic E-state index is 0.0341. The highest BCUT2D eigenvalue weighted by molar-refractivity contribution is 6.04. The summed E-state index contributed by atoms with van der Waals surface area (Å²) in [6, 6.07) is 11.1. The van der Waals surface area contributed by atoms with Crippen molar-refractivity contribution in [2.45, 2.75) is 46.1 Å². The van der Waals surface area contributed by atoms with Crippen molar-refractivity contribution in [1.29, 1.82) is 0 Å². The molecule has 1 aromatic carbocycles. The number of anilines is 2. The second kappa shape index (κ2) is 9.67. The molecule has 2 aromatic rings. The van der Waals surface area contributed by atoms with E-state index in [-0.39, 0.29) is 12.0 Å². The van der Waals surface area contributed by atoms with Gasteiger partial charge in [-0.05, 0) is 44.5 Å². The van der Waals surface area contributed by atoms with Crippen LogP contribution in [0.1, 0.15) is 50.5 Å². The van der Waals surface area contributed by atoms with Crippen molar-refractivity contribution >= 4 is 17.3 Å². The third-order valence-corrected chi connectivity index (χ3v) is 3.60. The van der Waals surface area contributed by atoms with Crippen LogP contribution < -0.4 is 15.4 Å². The van der Waals surface area contributed by atoms with Crippen LogP contribution in [0.2, 0.25) is 0 Å². The largest absolute Gasteiger partial charge is 0.489 e. The van der Waals surface area contributed by atoms with Crippen LogP contribution in [0, 0.1) is 0 Å². The van der Waals surface area contributed by atoms with Gasteiger partial charge in [-0.15, -0.1) is 0 Å². The van der Waals surface area contributed by atoms with Gasteiger partial charge in [-0.1, -0.05) is 31.9 Å². The monoisotopic (exact) mass is 341 g/mol. The number of ether oxygens (including phenoxy) is 1. The zero-order valence-electron chi connectivity index (χ0n) is 15.2. The predicted molar refractivity (Wildman–Crippen MR) is 102 cm³/mol. The Balaban J connectivity index is 2.04. The Labute approximate surface area is 149 Å². The lowest BCUT2D eigenvalue weighted by Crippen LogP contribution is -2.16. The van der Waals surface area contributed by atoms with Crippen LogP contribution in [-0.4, -0.2) is 23.5 Å². The fourth-order valence-electron chi connectivity index (χ4n) is 2.39. The van der Waals surface area contributed by atoms with Gasteiger partial charge in [0.1, 0.15) is 11.4 Å². The van der Waals surface area contributed by atoms with E-state index < -0.39 is 0 Å². The maximum atomic E-state index is 12.5. The smallest absolute Gasteiger partial charge is 0.274 e. The van der Waals surface area contributed by atoms with Gasteiger partial charge in [-0.2, -0.15) is 0 Å². The summed E-state index contributed by atoms with van der Waals surface area (Å²) in [4.78, 5) is 16.7. The fourth-order valence-corrected chi connectivity index (χ4v) is 2.39. The van der Waals surface area contributed by atoms with Crippen molar-refractivity contribution in [3.05, 3.63) is 48.3 Å². The Kier molecular flexibility index (Phi) is 7.26. The molecular weight excluding hydrogens is 314 g/mol. The molecule has 25 heavy (non-hydrogen) atoms. The van der Waals surface area contributed by atoms with Gasteiger partial charge in [0.05, 0.1) is 11.8 Å². The number of amides is 1. The first-order chi connectivity index (χ1) is 12.1. The topological polar surface area (TPSA) is 63.2 Å². The van der Waals surface area contributed by atoms with Crippen molar-refractivity contribution < 1.29 is 9.53 Å². The summed E-state index contributed by atoms with van der Waals surface area (Å²) in [7, 11) is 0. The van der Waals surface area contributed by atoms with Crippen LogP contribution in [0.3, 0.4) is 0 Å². The molecule has 5 heteroatoms. The number of carbonyl (C=O) groups excluding carboxylic acids is 1. The van der Waals surface area contributed by atoms with Crippen LogP contribution >= 0.6 is 0 Å². The van der Waals surface area contributed by atoms with E-state index in [1.807, 2.05) is 44.2 Å². The lowest BCUT2D eigenvalue weighted by Gasteiger charge is -2.14. The van der Waals surface area contributed by atoms with Crippen LogP contribution in [0.4, 0.5) is 11.4 Å². The minimum Gasteiger partial charge on any atom is -0.489 e. The lowest BCUT2D eigenvalue weighted by molar-refractivity contribution is 0.102. The first-order valence-electron chi connectivity index (χ1n) is 8.87. The average Bonchev–Trinajstić information content (AvgIpc) is 2.60. The third kappa shape index (κ3) is 6.10. The van der Waals surface area contributed by atoms with E-state index in [1.54, 1.807) is 12.3 Å². The molecule has 0 saturated carbocycles. The molecule has 0 fully saturated rings. The van der Waals surface area contributed by atoms with E-state index in [4.69, 9.17) is 4.74 Å². The second-order valence-corrected chi connectivity index (χ2v) is 6.18. The molecule has 2 rings (SSSR count). The summed E-state index contributed by atoms with van der Waals surface area (Å²) in [5.74, 6) is 0.400. The van der Waals surface area contributed by atoms with Gasteiger partial charge in [-0.3, -0.25) is 9.78 Å². The van der Waals surface area contributed by atoms with Gasteiger partial charge in [0.15, 0.2) is 0 Å². The van der Waals surface area contributed by atoms with E-state index in [1.165, 1.54) is 12.8 Å². The van der Waals surface area contributed by atoms with Crippen molar-refractivity contribution in [1.82, 2.24) is 4.98 Å². The maximum absolute atomic E-state index is 12.5. The Morgan fingerprint density at radius 1 is 1.20 bits per heavy atom. The summed E-state index contributed by atoms with van der Waals surface area (Å²) in [5, 5.41) is 6.21. The van der Waals surface area contributed by atoms with Crippen LogP contribution in [0.25, 0.3) is 0 Å². The lowest BCUT2D eigenvalue weighted by atomic mass is 10.2. The van der Waals surface area contributed by atoms with Crippen molar-refractivity contribution in [2.75, 3.05) is 17.2 Å². The number of rotatable bonds is 9. The molecule has 0 aliphatic heterocycles. The van der Waals surface area contributed by atoms with Gasteiger partial charge in [0.2, 0.25) is 0 Å². The molecule has 0 aliphatic rings. The fraction of sp³-hybridized carbons (Fsp3) is 0.400. The van der Waals surface area contributed by atoms with Gasteiger partial charge in [0.25, 0.3) is 5.91 Å². The zero-order chi connectivity index (χ0) is 18.1. The maximum Gasteiger partial charge on any atom is 0.274 e. The standard InChI is InChI=1S/C20H27N3O2/c1-4-5-8-12-21-16-11-13-22-18(14-16)20(24)23-17-9-6-7-10-19(17)25-15(2)3/h6-7,9-11,13-15H,4-5,8,12H2,1-3H3,(H,21,22)(H,23,24). The quantitative estimate of drug-likeness (QED) is 0.648. The SMILES string of the molecule is CCCCCNc1ccnc(C(=O)Nc2ccccc2OC(C)C)c1. The molecule has 2 N–H and O–H groups in total. The Morgan fingerprint density at radius 2 is 2.00 bits per heavy atom. The first-order valence-corrected chi connectivity index (χ1v) is 8.87. The Hall–Kier alpha value is -2.56. The van der Waals surface area contributed by atoms with Crippen molar-refractivity contribution in [2.24, 2.45) is 0 Å². The minimum atomic E-state index is -0.253. The Morgan fingerprint density at radius 3 is 2.76 bits per heavy atom. The van der Waals surface area contributed by atoms with Crippen LogP contribution in [-0.2, 0) is 0 Å². The molecule has 0 saturated heterocycles. The number of pyridine rings is 1. The summed E-state index contributed by atoms with van der Waals surface area (Å²) < 4.78 is 5.73. The third-order valence-electron chi connectivity index (χ3n) is 3.60. The van der Waals surface area contributed by atoms with Gasteiger partial charge < -0.3 is 15.4 Å². The van der Waals surface area contributed by atoms with Crippen LogP contribution in [0.15, 0.2) is 42.6 Å². The van der Waals surface area contributed by atoms with E-state index in [0.717, 1.165) is 18.7 Å². The molecule has 0 aliphatic carbocycles. The first kappa shape index (κ1) is 18.8. The molecule has 1 amide bonds. The number of aromatic nitrogens is 1. The highest BCUT2D eigenvalue weighted by Crippen LogP contribution is 2.25. The number of nitrogens with one attached hydrogen (secondary N) is 2. The zero-order valence-corrected chi connectivity index (χ0v) is 15.2. The molecular formula is C20H27N3O2. The molecule has 0 bridgehead atoms. The molecule has 0 radical (unpaired) electrons. The molecule has 0 atom stereocenters. The van der Waals surface area contributed by atoms with E-state index in [9.17, 15) is 4.79 Å². The number of para-hydroxylation sites is 2. The van der Waals surface area contributed by atoms with Crippen molar-refractivity contribution in [3.63, 3.8) is 0 Å². The summed E-state index contributed by atoms with van der Waals surface area (Å²) in [6.07, 6.45) is 5.17. The van der Waals surface area contributed by atoms with Gasteiger partial charge in [0, 0.05) is 18.4 Å². The van der Waals surface area contributed by atoms with E-state index in [2.05, 4.69) is 22.5 Å². The highest BCUT2D eigenvalue weighted by atomic mass is 16.5. The Bertz CT molecular complexity index is 686. The summed E-state index contributed by atoms with van der Waals surface area (Å²) in [5.41, 5.74) is 1.92. The normalized spacial score (nSPS) is 10.6. The molecule has 0 spiro atoms. The molecule has 0 unspecified atom stereocenters. The summed E-state index contributed by atoms with van der Waals surface area (Å²) in [6.45, 7) is 6.97. The number of benzene rings is 1. The number of hydrogen-bond acceptors (Lipinski definition) is 4. The number of carbonyl (C=O) groups is 1. The predicted octanol–water partition coefficient (Wildman–Crippen LogP) is 4.72. The highest BCUT2D eigenvalue weighted by Gasteiger charge is 2.12. The second-order valence-electron chi connectivity index (χ2n) is 6.18. The number of hydrogen-bond donors (Lipinski definition) is 2. The average molecular weight is 341 g/mol. The molecule has 1 heterocycles. The summed E-state index contributed by atoms with van der Waals surface area (Å²) >= 11 is 0. The van der Waals surface area contributed by atoms with E-state index in [0.29, 0.717) is 17.1 Å². The molecule has 5 nitrogen and oxygen atoms in total. The number of unbranched alkanes of at least 4 members (excludes halogenated alkanes) is 2. The number of nitrogens with zero attached hydrogens (tertiary/aromatic N) is 1. The van der Waals surface area contributed by atoms with E-state index >= 15 is 0 Å². The van der Waals surface area contributed by atoms with Gasteiger partial charge >= 0.3 is 0 Å². The van der Waals surface area contributed by atoms with Crippen LogP contribution in [0.5, 0.6) is 5.75 Å². The van der Waals surface area contributed by atoms with Gasteiger partial charge in [-0.25, -0.2) is 0 Å². The van der Waals surface area contributed by atoms with Crippen molar-refractivity contribution in [3.8, 4) is 5.75 Å². The molecule has 134 valence electrons. The molecule has 1 aromatic heterocycles.